The zero-order chi connectivity index (χ0) is 17.1. The van der Waals surface area contributed by atoms with Crippen molar-refractivity contribution in [3.63, 3.8) is 0 Å². The van der Waals surface area contributed by atoms with E-state index in [1.165, 1.54) is 0 Å². The van der Waals surface area contributed by atoms with Crippen LogP contribution in [-0.4, -0.2) is 44.3 Å². The molecule has 1 aromatic heterocycles. The van der Waals surface area contributed by atoms with Gasteiger partial charge in [0.25, 0.3) is 0 Å². The van der Waals surface area contributed by atoms with Crippen molar-refractivity contribution < 1.29 is 4.79 Å². The molecule has 0 aromatic carbocycles. The molecule has 0 aliphatic carbocycles. The van der Waals surface area contributed by atoms with E-state index in [9.17, 15) is 4.79 Å². The molecule has 0 spiro atoms. The van der Waals surface area contributed by atoms with E-state index in [0.717, 1.165) is 19.4 Å². The summed E-state index contributed by atoms with van der Waals surface area (Å²) in [5, 5.41) is 4.75. The first-order chi connectivity index (χ1) is 10.2. The van der Waals surface area contributed by atoms with Crippen LogP contribution in [0.15, 0.2) is 22.9 Å². The third kappa shape index (κ3) is 17.6. The molecular formula is C17H35BNOS2. The molecule has 0 bridgehead atoms. The van der Waals surface area contributed by atoms with Crippen molar-refractivity contribution in [1.82, 2.24) is 4.90 Å². The van der Waals surface area contributed by atoms with E-state index in [0.29, 0.717) is 11.2 Å². The van der Waals surface area contributed by atoms with Gasteiger partial charge in [0.15, 0.2) is 0 Å². The number of piperidine rings is 1. The van der Waals surface area contributed by atoms with Crippen LogP contribution in [0.25, 0.3) is 0 Å². The zero-order valence-electron chi connectivity index (χ0n) is 15.8. The Morgan fingerprint density at radius 1 is 1.09 bits per heavy atom. The van der Waals surface area contributed by atoms with E-state index < -0.39 is 0 Å². The molecule has 0 saturated carbocycles. The van der Waals surface area contributed by atoms with Gasteiger partial charge in [0.2, 0.25) is 5.91 Å². The Kier molecular flexibility index (Phi) is 34.3. The number of likely N-dealkylation sites (tertiary alicyclic amines) is 1. The van der Waals surface area contributed by atoms with Gasteiger partial charge in [-0.25, -0.2) is 0 Å². The minimum absolute atomic E-state index is 0. The highest BCUT2D eigenvalue weighted by molar-refractivity contribution is 7.99. The van der Waals surface area contributed by atoms with Crippen molar-refractivity contribution in [2.75, 3.05) is 19.8 Å². The number of hydrogen-bond acceptors (Lipinski definition) is 3. The predicted molar refractivity (Wildman–Crippen MR) is 108 cm³/mol. The highest BCUT2D eigenvalue weighted by Crippen LogP contribution is 2.19. The minimum Gasteiger partial charge on any atom is -0.345 e. The summed E-state index contributed by atoms with van der Waals surface area (Å²) in [6, 6.07) is 4.04. The van der Waals surface area contributed by atoms with E-state index in [1.807, 2.05) is 88.1 Å². The summed E-state index contributed by atoms with van der Waals surface area (Å²) in [5.41, 5.74) is 0. The largest absolute Gasteiger partial charge is 0.345 e. The molecule has 1 unspecified atom stereocenters. The maximum Gasteiger partial charge on any atom is 0.222 e. The maximum atomic E-state index is 11.0. The van der Waals surface area contributed by atoms with Crippen LogP contribution in [0.1, 0.15) is 54.4 Å². The average Bonchev–Trinajstić information content (AvgIpc) is 3.15. The van der Waals surface area contributed by atoms with Crippen molar-refractivity contribution in [1.29, 1.82) is 0 Å². The van der Waals surface area contributed by atoms with Gasteiger partial charge < -0.3 is 4.90 Å². The predicted octanol–water partition coefficient (Wildman–Crippen LogP) is 5.42. The van der Waals surface area contributed by atoms with Crippen molar-refractivity contribution in [3.05, 3.63) is 22.9 Å². The summed E-state index contributed by atoms with van der Waals surface area (Å²) in [4.78, 5) is 12.8. The molecule has 22 heavy (non-hydrogen) atoms. The van der Waals surface area contributed by atoms with Crippen LogP contribution < -0.4 is 0 Å². The monoisotopic (exact) mass is 344 g/mol. The lowest BCUT2D eigenvalue weighted by Gasteiger charge is -2.28. The molecule has 1 aliphatic heterocycles. The van der Waals surface area contributed by atoms with Gasteiger partial charge in [-0.2, -0.15) is 23.1 Å². The van der Waals surface area contributed by atoms with Gasteiger partial charge in [-0.05, 0) is 23.4 Å². The fourth-order valence-electron chi connectivity index (χ4n) is 1.39. The topological polar surface area (TPSA) is 20.3 Å². The molecule has 1 aromatic rings. The number of amides is 1. The van der Waals surface area contributed by atoms with Crippen LogP contribution >= 0.6 is 23.1 Å². The number of carbonyl (C=O) groups excluding carboxylic acids is 1. The van der Waals surface area contributed by atoms with E-state index in [4.69, 9.17) is 0 Å². The second-order valence-corrected chi connectivity index (χ2v) is 5.42. The second kappa shape index (κ2) is 25.5. The summed E-state index contributed by atoms with van der Waals surface area (Å²) < 4.78 is 0. The first-order valence-electron chi connectivity index (χ1n) is 7.98. The first kappa shape index (κ1) is 29.6. The lowest BCUT2D eigenvalue weighted by atomic mass is 10.1. The first-order valence-corrected chi connectivity index (χ1v) is 10.2. The number of thiophene rings is 1. The average molecular weight is 344 g/mol. The van der Waals surface area contributed by atoms with Gasteiger partial charge in [-0.1, -0.05) is 53.7 Å². The number of carbonyl (C=O) groups is 1. The van der Waals surface area contributed by atoms with E-state index in [2.05, 4.69) is 6.26 Å². The number of rotatable bonds is 1. The Hall–Kier alpha value is -0.415. The van der Waals surface area contributed by atoms with Crippen LogP contribution in [0.3, 0.4) is 0 Å². The summed E-state index contributed by atoms with van der Waals surface area (Å²) in [6.07, 6.45) is 3.90. The lowest BCUT2D eigenvalue weighted by Crippen LogP contribution is -2.38. The smallest absolute Gasteiger partial charge is 0.222 e. The summed E-state index contributed by atoms with van der Waals surface area (Å²) in [6.45, 7) is 12.9. The standard InChI is InChI=1S/C7H13NOS.C4H4S.3C2H6.B/c1-8-5-6(10-2)3-4-7(8)9;1-2-4-5-3-1;3*1-2;/h6H,3-5H2,1-2H3;1-4H;3*1-2H3;. The van der Waals surface area contributed by atoms with Gasteiger partial charge in [-0.3, -0.25) is 4.79 Å². The molecule has 2 nitrogen and oxygen atoms in total. The van der Waals surface area contributed by atoms with E-state index in [-0.39, 0.29) is 8.41 Å². The SMILES string of the molecule is CC.CC.CC.CSC1CCC(=O)N(C)C1.[B].c1ccsc1. The minimum atomic E-state index is 0. The van der Waals surface area contributed by atoms with Crippen LogP contribution in [-0.2, 0) is 4.79 Å². The highest BCUT2D eigenvalue weighted by atomic mass is 32.2. The molecule has 1 saturated heterocycles. The molecule has 1 amide bonds. The van der Waals surface area contributed by atoms with Crippen LogP contribution in [0, 0.1) is 0 Å². The van der Waals surface area contributed by atoms with Crippen LogP contribution in [0.2, 0.25) is 0 Å². The third-order valence-electron chi connectivity index (χ3n) is 2.34. The molecule has 1 fully saturated rings. The van der Waals surface area contributed by atoms with Crippen molar-refractivity contribution in [2.45, 2.75) is 59.6 Å². The summed E-state index contributed by atoms with van der Waals surface area (Å²) in [5.74, 6) is 0.297. The molecule has 0 N–H and O–H groups in total. The zero-order valence-corrected chi connectivity index (χ0v) is 17.4. The van der Waals surface area contributed by atoms with Gasteiger partial charge in [-0.15, -0.1) is 0 Å². The molecule has 2 heterocycles. The Morgan fingerprint density at radius 2 is 1.55 bits per heavy atom. The summed E-state index contributed by atoms with van der Waals surface area (Å²) in [7, 11) is 1.88. The number of thioether (sulfide) groups is 1. The number of nitrogens with zero attached hydrogens (tertiary/aromatic N) is 1. The Bertz CT molecular complexity index is 265. The summed E-state index contributed by atoms with van der Waals surface area (Å²) >= 11 is 3.57. The van der Waals surface area contributed by atoms with E-state index in [1.54, 1.807) is 11.3 Å². The number of hydrogen-bond donors (Lipinski definition) is 0. The normalized spacial score (nSPS) is 15.0. The van der Waals surface area contributed by atoms with Gasteiger partial charge in [0.1, 0.15) is 0 Å². The Morgan fingerprint density at radius 3 is 1.82 bits per heavy atom. The molecule has 1 aliphatic rings. The van der Waals surface area contributed by atoms with Gasteiger partial charge in [0.05, 0.1) is 0 Å². The second-order valence-electron chi connectivity index (χ2n) is 3.46. The third-order valence-corrected chi connectivity index (χ3v) is 4.02. The molecular weight excluding hydrogens is 309 g/mol. The van der Waals surface area contributed by atoms with Crippen molar-refractivity contribution in [3.8, 4) is 0 Å². The molecule has 129 valence electrons. The van der Waals surface area contributed by atoms with Crippen molar-refractivity contribution >= 4 is 37.4 Å². The molecule has 2 rings (SSSR count). The molecule has 5 heteroatoms. The van der Waals surface area contributed by atoms with E-state index >= 15 is 0 Å². The maximum absolute atomic E-state index is 11.0. The molecule has 3 radical (unpaired) electrons. The molecule has 1 atom stereocenters. The van der Waals surface area contributed by atoms with Gasteiger partial charge in [0, 0.05) is 33.7 Å². The quantitative estimate of drug-likeness (QED) is 0.634. The lowest BCUT2D eigenvalue weighted by molar-refractivity contribution is -0.131. The Labute approximate surface area is 149 Å². The van der Waals surface area contributed by atoms with Crippen LogP contribution in [0.4, 0.5) is 0 Å². The van der Waals surface area contributed by atoms with Crippen molar-refractivity contribution in [2.24, 2.45) is 0 Å². The Balaban J connectivity index is -0.000000115. The van der Waals surface area contributed by atoms with Crippen LogP contribution in [0.5, 0.6) is 0 Å². The fourth-order valence-corrected chi connectivity index (χ4v) is 2.57. The van der Waals surface area contributed by atoms with Gasteiger partial charge >= 0.3 is 0 Å². The fraction of sp³-hybridized carbons (Fsp3) is 0.706. The highest BCUT2D eigenvalue weighted by Gasteiger charge is 2.21.